The number of ether oxygens (including phenoxy) is 1. The number of thioether (sulfide) groups is 1. The molecule has 6 heteroatoms. The minimum atomic E-state index is -0.0872. The van der Waals surface area contributed by atoms with Crippen molar-refractivity contribution >= 4 is 39.8 Å². The molecule has 25 heavy (non-hydrogen) atoms. The predicted molar refractivity (Wildman–Crippen MR) is 102 cm³/mol. The zero-order chi connectivity index (χ0) is 17.2. The molecule has 2 aromatic rings. The van der Waals surface area contributed by atoms with Crippen LogP contribution in [0.5, 0.6) is 5.75 Å². The monoisotopic (exact) mass is 353 g/mol. The molecule has 1 aliphatic carbocycles. The molecule has 1 saturated carbocycles. The fourth-order valence-corrected chi connectivity index (χ4v) is 3.50. The molecule has 0 radical (unpaired) electrons. The molecule has 4 rings (SSSR count). The maximum absolute atomic E-state index is 12.2. The van der Waals surface area contributed by atoms with E-state index in [0.717, 1.165) is 28.8 Å². The Hall–Kier alpha value is -2.34. The molecule has 2 aliphatic rings. The number of aliphatic imine (C=N–C) groups is 1. The Morgan fingerprint density at radius 1 is 1.40 bits per heavy atom. The number of nitrogens with zero attached hydrogens (tertiary/aromatic N) is 2. The summed E-state index contributed by atoms with van der Waals surface area (Å²) in [6, 6.07) is 7.78. The normalized spacial score (nSPS) is 20.4. The second-order valence-electron chi connectivity index (χ2n) is 6.17. The zero-order valence-corrected chi connectivity index (χ0v) is 14.8. The van der Waals surface area contributed by atoms with E-state index in [9.17, 15) is 4.79 Å². The van der Waals surface area contributed by atoms with Crippen LogP contribution in [0.1, 0.15) is 25.3 Å². The summed E-state index contributed by atoms with van der Waals surface area (Å²) in [7, 11) is 0. The lowest BCUT2D eigenvalue weighted by Crippen LogP contribution is -2.20. The summed E-state index contributed by atoms with van der Waals surface area (Å²) in [6.07, 6.45) is 6.15. The number of benzene rings is 1. The molecule has 1 aromatic heterocycles. The molecule has 1 amide bonds. The van der Waals surface area contributed by atoms with Crippen molar-refractivity contribution in [3.05, 3.63) is 40.9 Å². The molecule has 1 aromatic carbocycles. The van der Waals surface area contributed by atoms with E-state index in [-0.39, 0.29) is 5.91 Å². The van der Waals surface area contributed by atoms with E-state index in [2.05, 4.69) is 15.3 Å². The number of hydrogen-bond acceptors (Lipinski definition) is 5. The third-order valence-electron chi connectivity index (χ3n) is 4.16. The van der Waals surface area contributed by atoms with Crippen LogP contribution in [0.15, 0.2) is 40.4 Å². The largest absolute Gasteiger partial charge is 0.493 e. The second-order valence-corrected chi connectivity index (χ2v) is 7.20. The van der Waals surface area contributed by atoms with Crippen molar-refractivity contribution in [2.75, 3.05) is 13.2 Å². The zero-order valence-electron chi connectivity index (χ0n) is 14.0. The lowest BCUT2D eigenvalue weighted by Gasteiger charge is -2.07. The van der Waals surface area contributed by atoms with E-state index in [0.29, 0.717) is 22.6 Å². The topological polar surface area (TPSA) is 63.6 Å². The number of carbonyl (C=O) groups excluding carboxylic acids is 1. The van der Waals surface area contributed by atoms with Gasteiger partial charge in [0.15, 0.2) is 5.17 Å². The maximum Gasteiger partial charge on any atom is 0.264 e. The Bertz CT molecular complexity index is 887. The maximum atomic E-state index is 12.2. The first-order valence-electron chi connectivity index (χ1n) is 8.50. The molecular formula is C19H19N3O2S. The quantitative estimate of drug-likeness (QED) is 0.834. The van der Waals surface area contributed by atoms with Gasteiger partial charge < -0.3 is 10.1 Å². The van der Waals surface area contributed by atoms with Gasteiger partial charge in [-0.15, -0.1) is 0 Å². The summed E-state index contributed by atoms with van der Waals surface area (Å²) in [4.78, 5) is 21.7. The molecule has 5 nitrogen and oxygen atoms in total. The average molecular weight is 353 g/mol. The Labute approximate surface area is 150 Å². The molecule has 1 saturated heterocycles. The fraction of sp³-hybridized carbons (Fsp3) is 0.316. The Morgan fingerprint density at radius 3 is 3.08 bits per heavy atom. The van der Waals surface area contributed by atoms with Crippen LogP contribution in [-0.4, -0.2) is 29.2 Å². The van der Waals surface area contributed by atoms with Crippen LogP contribution in [-0.2, 0) is 4.79 Å². The van der Waals surface area contributed by atoms with Crippen LogP contribution >= 0.6 is 11.8 Å². The first-order chi connectivity index (χ1) is 12.2. The molecule has 0 bridgehead atoms. The van der Waals surface area contributed by atoms with E-state index in [1.807, 2.05) is 37.3 Å². The highest BCUT2D eigenvalue weighted by Gasteiger charge is 2.26. The number of nitrogens with one attached hydrogen (secondary N) is 1. The third-order valence-corrected chi connectivity index (χ3v) is 5.11. The Balaban J connectivity index is 1.60. The van der Waals surface area contributed by atoms with Crippen LogP contribution < -0.4 is 10.1 Å². The standard InChI is InChI=1S/C19H19N3O2S/c1-2-24-16-7-8-20-15-6-5-13(9-14(15)16)10-17-18(23)22-19(25-17)21-11-12-3-4-12/h5-10,12H,2-4,11H2,1H3,(H,21,22,23). The average Bonchev–Trinajstić information content (AvgIpc) is 3.38. The van der Waals surface area contributed by atoms with E-state index >= 15 is 0 Å². The van der Waals surface area contributed by atoms with E-state index in [1.54, 1.807) is 6.20 Å². The van der Waals surface area contributed by atoms with Crippen molar-refractivity contribution in [1.82, 2.24) is 10.3 Å². The van der Waals surface area contributed by atoms with E-state index < -0.39 is 0 Å². The highest BCUT2D eigenvalue weighted by Crippen LogP contribution is 2.32. The Morgan fingerprint density at radius 2 is 2.28 bits per heavy atom. The minimum absolute atomic E-state index is 0.0872. The van der Waals surface area contributed by atoms with Crippen LogP contribution in [0.4, 0.5) is 0 Å². The SMILES string of the molecule is CCOc1ccnc2ccc(C=C3SC(=NCC4CC4)NC3=O)cc12. The van der Waals surface area contributed by atoms with Crippen molar-refractivity contribution in [3.8, 4) is 5.75 Å². The van der Waals surface area contributed by atoms with Crippen LogP contribution in [0.25, 0.3) is 17.0 Å². The summed E-state index contributed by atoms with van der Waals surface area (Å²) < 4.78 is 5.68. The molecule has 0 atom stereocenters. The highest BCUT2D eigenvalue weighted by molar-refractivity contribution is 8.18. The summed E-state index contributed by atoms with van der Waals surface area (Å²) in [6.45, 7) is 3.37. The van der Waals surface area contributed by atoms with Crippen LogP contribution in [0.3, 0.4) is 0 Å². The van der Waals surface area contributed by atoms with E-state index in [1.165, 1.54) is 24.6 Å². The van der Waals surface area contributed by atoms with Gasteiger partial charge in [-0.3, -0.25) is 14.8 Å². The fourth-order valence-electron chi connectivity index (χ4n) is 2.68. The molecule has 1 aliphatic heterocycles. The number of pyridine rings is 1. The Kier molecular flexibility index (Phi) is 4.44. The molecule has 2 fully saturated rings. The summed E-state index contributed by atoms with van der Waals surface area (Å²) in [5, 5.41) is 4.50. The molecule has 1 N–H and O–H groups in total. The van der Waals surface area contributed by atoms with Gasteiger partial charge in [-0.1, -0.05) is 6.07 Å². The van der Waals surface area contributed by atoms with Crippen LogP contribution in [0.2, 0.25) is 0 Å². The van der Waals surface area contributed by atoms with Gasteiger partial charge in [-0.25, -0.2) is 0 Å². The number of amidine groups is 1. The van der Waals surface area contributed by atoms with Gasteiger partial charge in [0.25, 0.3) is 5.91 Å². The van der Waals surface area contributed by atoms with Gasteiger partial charge >= 0.3 is 0 Å². The number of carbonyl (C=O) groups is 1. The summed E-state index contributed by atoms with van der Waals surface area (Å²) in [5.74, 6) is 1.43. The molecule has 2 heterocycles. The number of fused-ring (bicyclic) bond motifs is 1. The number of aromatic nitrogens is 1. The first kappa shape index (κ1) is 16.1. The molecule has 0 spiro atoms. The molecule has 0 unspecified atom stereocenters. The second kappa shape index (κ2) is 6.88. The number of amides is 1. The van der Waals surface area contributed by atoms with Gasteiger partial charge in [0.05, 0.1) is 17.0 Å². The number of hydrogen-bond donors (Lipinski definition) is 1. The smallest absolute Gasteiger partial charge is 0.264 e. The summed E-state index contributed by atoms with van der Waals surface area (Å²) >= 11 is 1.41. The number of rotatable bonds is 5. The molecule has 128 valence electrons. The van der Waals surface area contributed by atoms with Gasteiger partial charge in [-0.2, -0.15) is 0 Å². The van der Waals surface area contributed by atoms with Gasteiger partial charge in [0, 0.05) is 18.1 Å². The third kappa shape index (κ3) is 3.69. The van der Waals surface area contributed by atoms with Crippen molar-refractivity contribution in [1.29, 1.82) is 0 Å². The molecular weight excluding hydrogens is 334 g/mol. The summed E-state index contributed by atoms with van der Waals surface area (Å²) in [5.41, 5.74) is 1.82. The van der Waals surface area contributed by atoms with Crippen molar-refractivity contribution in [2.24, 2.45) is 10.9 Å². The van der Waals surface area contributed by atoms with Crippen molar-refractivity contribution in [3.63, 3.8) is 0 Å². The predicted octanol–water partition coefficient (Wildman–Crippen LogP) is 3.60. The lowest BCUT2D eigenvalue weighted by molar-refractivity contribution is -0.115. The van der Waals surface area contributed by atoms with Gasteiger partial charge in [-0.05, 0) is 67.3 Å². The van der Waals surface area contributed by atoms with Gasteiger partial charge in [0.1, 0.15) is 5.75 Å². The van der Waals surface area contributed by atoms with Crippen LogP contribution in [0, 0.1) is 5.92 Å². The highest BCUT2D eigenvalue weighted by atomic mass is 32.2. The van der Waals surface area contributed by atoms with Gasteiger partial charge in [0.2, 0.25) is 0 Å². The lowest BCUT2D eigenvalue weighted by atomic mass is 10.1. The van der Waals surface area contributed by atoms with Crippen molar-refractivity contribution < 1.29 is 9.53 Å². The van der Waals surface area contributed by atoms with E-state index in [4.69, 9.17) is 4.74 Å². The first-order valence-corrected chi connectivity index (χ1v) is 9.31. The minimum Gasteiger partial charge on any atom is -0.493 e. The van der Waals surface area contributed by atoms with Crippen molar-refractivity contribution in [2.45, 2.75) is 19.8 Å².